The number of benzene rings is 2. The lowest BCUT2D eigenvalue weighted by molar-refractivity contribution is 0.103. The Hall–Kier alpha value is -2.33. The number of anilines is 1. The minimum absolute atomic E-state index is 0.102. The predicted octanol–water partition coefficient (Wildman–Crippen LogP) is 4.63. The van der Waals surface area contributed by atoms with Crippen LogP contribution in [0.5, 0.6) is 0 Å². The molecule has 0 saturated carbocycles. The van der Waals surface area contributed by atoms with Gasteiger partial charge in [-0.15, -0.1) is 21.5 Å². The van der Waals surface area contributed by atoms with E-state index in [1.807, 2.05) is 30.3 Å². The maximum atomic E-state index is 12.6. The Morgan fingerprint density at radius 2 is 1.71 bits per heavy atom. The van der Waals surface area contributed by atoms with Crippen molar-refractivity contribution < 1.29 is 13.2 Å². The highest BCUT2D eigenvalue weighted by Crippen LogP contribution is 2.35. The summed E-state index contributed by atoms with van der Waals surface area (Å²) in [7, 11) is -3.65. The van der Waals surface area contributed by atoms with E-state index in [-0.39, 0.29) is 15.2 Å². The molecule has 6 nitrogen and oxygen atoms in total. The Morgan fingerprint density at radius 3 is 2.46 bits per heavy atom. The maximum absolute atomic E-state index is 12.6. The van der Waals surface area contributed by atoms with E-state index in [0.717, 1.165) is 21.4 Å². The summed E-state index contributed by atoms with van der Waals surface area (Å²) in [6, 6.07) is 16.2. The standard InChI is InChI=1S/C18H12ClN3O3S3/c19-14-12-8-4-5-9-13(12)26-15(14)16(23)20-17-21-22-18(27-17)28(24,25)10-11-6-2-1-3-7-11/h1-9H,10H2,(H,20,21,23). The lowest BCUT2D eigenvalue weighted by atomic mass is 10.2. The monoisotopic (exact) mass is 449 g/mol. The lowest BCUT2D eigenvalue weighted by Crippen LogP contribution is -2.10. The number of sulfone groups is 1. The van der Waals surface area contributed by atoms with Gasteiger partial charge >= 0.3 is 0 Å². The van der Waals surface area contributed by atoms with Crippen molar-refractivity contribution in [1.29, 1.82) is 0 Å². The van der Waals surface area contributed by atoms with Gasteiger partial charge in [-0.3, -0.25) is 10.1 Å². The molecule has 0 unspecified atom stereocenters. The first-order valence-electron chi connectivity index (χ1n) is 8.02. The van der Waals surface area contributed by atoms with Crippen LogP contribution in [0.4, 0.5) is 5.13 Å². The van der Waals surface area contributed by atoms with Crippen LogP contribution >= 0.6 is 34.3 Å². The van der Waals surface area contributed by atoms with E-state index < -0.39 is 15.7 Å². The Bertz CT molecular complexity index is 1270. The minimum Gasteiger partial charge on any atom is -0.296 e. The lowest BCUT2D eigenvalue weighted by Gasteiger charge is -2.00. The smallest absolute Gasteiger partial charge is 0.269 e. The van der Waals surface area contributed by atoms with E-state index in [1.54, 1.807) is 24.3 Å². The molecule has 4 rings (SSSR count). The Balaban J connectivity index is 1.54. The molecule has 2 aromatic heterocycles. The summed E-state index contributed by atoms with van der Waals surface area (Å²) < 4.78 is 25.8. The second-order valence-corrected chi connectivity index (χ2v) is 10.4. The number of hydrogen-bond donors (Lipinski definition) is 1. The number of carbonyl (C=O) groups is 1. The van der Waals surface area contributed by atoms with Crippen LogP contribution in [0.15, 0.2) is 58.9 Å². The number of thiophene rings is 1. The number of hydrogen-bond acceptors (Lipinski definition) is 7. The van der Waals surface area contributed by atoms with E-state index in [2.05, 4.69) is 15.5 Å². The SMILES string of the molecule is O=C(Nc1nnc(S(=O)(=O)Cc2ccccc2)s1)c1sc2ccccc2c1Cl. The minimum atomic E-state index is -3.65. The van der Waals surface area contributed by atoms with Gasteiger partial charge in [-0.25, -0.2) is 8.42 Å². The fraction of sp³-hybridized carbons (Fsp3) is 0.0556. The summed E-state index contributed by atoms with van der Waals surface area (Å²) in [5.74, 6) is -0.632. The normalized spacial score (nSPS) is 11.6. The van der Waals surface area contributed by atoms with Crippen LogP contribution in [-0.4, -0.2) is 24.5 Å². The van der Waals surface area contributed by atoms with Crippen LogP contribution in [-0.2, 0) is 15.6 Å². The van der Waals surface area contributed by atoms with Gasteiger partial charge in [-0.2, -0.15) is 0 Å². The Kier molecular flexibility index (Phi) is 5.15. The van der Waals surface area contributed by atoms with Gasteiger partial charge in [-0.05, 0) is 11.6 Å². The van der Waals surface area contributed by atoms with Crippen molar-refractivity contribution in [3.63, 3.8) is 0 Å². The summed E-state index contributed by atoms with van der Waals surface area (Å²) in [5, 5.41) is 11.4. The summed E-state index contributed by atoms with van der Waals surface area (Å²) >= 11 is 8.38. The topological polar surface area (TPSA) is 89.0 Å². The van der Waals surface area contributed by atoms with Crippen LogP contribution in [0, 0.1) is 0 Å². The second-order valence-electron chi connectivity index (χ2n) is 5.81. The highest BCUT2D eigenvalue weighted by molar-refractivity contribution is 7.92. The van der Waals surface area contributed by atoms with Crippen LogP contribution in [0.25, 0.3) is 10.1 Å². The number of carbonyl (C=O) groups excluding carboxylic acids is 1. The second kappa shape index (κ2) is 7.59. The van der Waals surface area contributed by atoms with Gasteiger partial charge in [-0.1, -0.05) is 71.5 Å². The molecular weight excluding hydrogens is 438 g/mol. The molecule has 0 saturated heterocycles. The molecule has 0 spiro atoms. The van der Waals surface area contributed by atoms with Crippen molar-refractivity contribution in [1.82, 2.24) is 10.2 Å². The van der Waals surface area contributed by atoms with Crippen molar-refractivity contribution >= 4 is 65.2 Å². The third-order valence-corrected chi connectivity index (χ3v) is 8.48. The molecule has 142 valence electrons. The van der Waals surface area contributed by atoms with Crippen molar-refractivity contribution in [2.24, 2.45) is 0 Å². The van der Waals surface area contributed by atoms with E-state index in [0.29, 0.717) is 15.5 Å². The molecular formula is C18H12ClN3O3S3. The van der Waals surface area contributed by atoms with Gasteiger partial charge < -0.3 is 0 Å². The quantitative estimate of drug-likeness (QED) is 0.448. The van der Waals surface area contributed by atoms with Crippen molar-refractivity contribution in [2.45, 2.75) is 10.1 Å². The molecule has 0 aliphatic rings. The van der Waals surface area contributed by atoms with E-state index >= 15 is 0 Å². The molecule has 0 bridgehead atoms. The molecule has 0 atom stereocenters. The molecule has 0 aliphatic carbocycles. The average Bonchev–Trinajstić information content (AvgIpc) is 3.28. The molecule has 1 amide bonds. The number of rotatable bonds is 5. The molecule has 0 aliphatic heterocycles. The first-order valence-corrected chi connectivity index (χ1v) is 11.7. The largest absolute Gasteiger partial charge is 0.296 e. The molecule has 4 aromatic rings. The number of amides is 1. The Morgan fingerprint density at radius 1 is 1.00 bits per heavy atom. The van der Waals surface area contributed by atoms with Crippen LogP contribution in [0.2, 0.25) is 5.02 Å². The first-order chi connectivity index (χ1) is 13.4. The average molecular weight is 450 g/mol. The summed E-state index contributed by atoms with van der Waals surface area (Å²) in [5.41, 5.74) is 0.653. The molecule has 0 radical (unpaired) electrons. The molecule has 28 heavy (non-hydrogen) atoms. The third kappa shape index (κ3) is 3.79. The fourth-order valence-corrected chi connectivity index (χ4v) is 6.28. The zero-order chi connectivity index (χ0) is 19.7. The van der Waals surface area contributed by atoms with Gasteiger partial charge in [0.1, 0.15) is 4.88 Å². The number of aromatic nitrogens is 2. The van der Waals surface area contributed by atoms with E-state index in [9.17, 15) is 13.2 Å². The van der Waals surface area contributed by atoms with Gasteiger partial charge in [0.2, 0.25) is 19.3 Å². The van der Waals surface area contributed by atoms with Gasteiger partial charge in [0.25, 0.3) is 5.91 Å². The van der Waals surface area contributed by atoms with Gasteiger partial charge in [0.15, 0.2) is 0 Å². The van der Waals surface area contributed by atoms with E-state index in [4.69, 9.17) is 11.6 Å². The molecule has 2 heterocycles. The number of nitrogens with one attached hydrogen (secondary N) is 1. The van der Waals surface area contributed by atoms with Crippen LogP contribution in [0.3, 0.4) is 0 Å². The number of halogens is 1. The van der Waals surface area contributed by atoms with Crippen molar-refractivity contribution in [2.75, 3.05) is 5.32 Å². The van der Waals surface area contributed by atoms with E-state index in [1.165, 1.54) is 11.3 Å². The molecule has 1 N–H and O–H groups in total. The highest BCUT2D eigenvalue weighted by Gasteiger charge is 2.23. The zero-order valence-corrected chi connectivity index (χ0v) is 17.3. The fourth-order valence-electron chi connectivity index (χ4n) is 2.56. The van der Waals surface area contributed by atoms with Gasteiger partial charge in [0, 0.05) is 10.1 Å². The number of nitrogens with zero attached hydrogens (tertiary/aromatic N) is 2. The Labute approximate surface area is 173 Å². The van der Waals surface area contributed by atoms with Crippen LogP contribution < -0.4 is 5.32 Å². The molecule has 2 aromatic carbocycles. The predicted molar refractivity (Wildman–Crippen MR) is 112 cm³/mol. The van der Waals surface area contributed by atoms with Gasteiger partial charge in [0.05, 0.1) is 10.8 Å². The third-order valence-electron chi connectivity index (χ3n) is 3.83. The zero-order valence-electron chi connectivity index (χ0n) is 14.1. The number of fused-ring (bicyclic) bond motifs is 1. The van der Waals surface area contributed by atoms with Crippen LogP contribution in [0.1, 0.15) is 15.2 Å². The van der Waals surface area contributed by atoms with Crippen molar-refractivity contribution in [3.8, 4) is 0 Å². The highest BCUT2D eigenvalue weighted by atomic mass is 35.5. The molecule has 0 fully saturated rings. The summed E-state index contributed by atoms with van der Waals surface area (Å²) in [6.07, 6.45) is 0. The molecule has 10 heteroatoms. The summed E-state index contributed by atoms with van der Waals surface area (Å²) in [6.45, 7) is 0. The summed E-state index contributed by atoms with van der Waals surface area (Å²) in [4.78, 5) is 12.9. The van der Waals surface area contributed by atoms with Crippen molar-refractivity contribution in [3.05, 3.63) is 70.1 Å². The first kappa shape index (κ1) is 19.0. The maximum Gasteiger partial charge on any atom is 0.269 e.